The van der Waals surface area contributed by atoms with Crippen molar-refractivity contribution in [3.63, 3.8) is 0 Å². The molecule has 0 bridgehead atoms. The van der Waals surface area contributed by atoms with Crippen molar-refractivity contribution in [2.75, 3.05) is 20.1 Å². The number of esters is 1. The van der Waals surface area contributed by atoms with Gasteiger partial charge in [0.05, 0.1) is 0 Å². The van der Waals surface area contributed by atoms with Gasteiger partial charge in [-0.15, -0.1) is 0 Å². The van der Waals surface area contributed by atoms with E-state index in [1.54, 1.807) is 0 Å². The van der Waals surface area contributed by atoms with Crippen LogP contribution in [0.2, 0.25) is 0 Å². The lowest BCUT2D eigenvalue weighted by atomic mass is 9.84. The van der Waals surface area contributed by atoms with Gasteiger partial charge in [0.1, 0.15) is 5.60 Å². The topological polar surface area (TPSA) is 29.5 Å². The molecule has 1 atom stereocenters. The lowest BCUT2D eigenvalue weighted by Crippen LogP contribution is -2.45. The minimum atomic E-state index is -0.332. The Bertz CT molecular complexity index is 421. The third-order valence-electron chi connectivity index (χ3n) is 6.97. The number of carbonyl (C=O) groups is 1. The van der Waals surface area contributed by atoms with Gasteiger partial charge >= 0.3 is 5.97 Å². The highest BCUT2D eigenvalue weighted by atomic mass is 16.6. The summed E-state index contributed by atoms with van der Waals surface area (Å²) in [4.78, 5) is 14.6. The first-order chi connectivity index (χ1) is 14.5. The molecule has 1 rings (SSSR count). The van der Waals surface area contributed by atoms with Crippen molar-refractivity contribution in [2.45, 2.75) is 142 Å². The number of ether oxygens (including phenoxy) is 1. The van der Waals surface area contributed by atoms with E-state index in [1.165, 1.54) is 109 Å². The molecule has 0 saturated carbocycles. The van der Waals surface area contributed by atoms with Crippen LogP contribution in [0.4, 0.5) is 0 Å². The molecule has 0 aromatic rings. The zero-order valence-corrected chi connectivity index (χ0v) is 21.0. The van der Waals surface area contributed by atoms with Crippen LogP contribution in [-0.2, 0) is 9.53 Å². The first kappa shape index (κ1) is 27.5. The number of hydrogen-bond acceptors (Lipinski definition) is 3. The Kier molecular flexibility index (Phi) is 15.6. The van der Waals surface area contributed by atoms with Crippen LogP contribution in [0.1, 0.15) is 136 Å². The summed E-state index contributed by atoms with van der Waals surface area (Å²) in [6, 6.07) is 0. The molecule has 0 aliphatic carbocycles. The molecule has 0 aromatic carbocycles. The van der Waals surface area contributed by atoms with E-state index in [1.807, 2.05) is 0 Å². The van der Waals surface area contributed by atoms with Crippen molar-refractivity contribution in [3.05, 3.63) is 0 Å². The first-order valence-corrected chi connectivity index (χ1v) is 13.4. The zero-order valence-electron chi connectivity index (χ0n) is 21.0. The fourth-order valence-corrected chi connectivity index (χ4v) is 4.80. The molecule has 1 heterocycles. The fraction of sp³-hybridized carbons (Fsp3) is 0.963. The van der Waals surface area contributed by atoms with Gasteiger partial charge in [0, 0.05) is 18.9 Å². The molecule has 1 fully saturated rings. The van der Waals surface area contributed by atoms with Crippen molar-refractivity contribution in [1.82, 2.24) is 4.90 Å². The summed E-state index contributed by atoms with van der Waals surface area (Å²) in [5.41, 5.74) is -0.332. The van der Waals surface area contributed by atoms with Crippen LogP contribution in [0.3, 0.4) is 0 Å². The number of nitrogens with zero attached hydrogens (tertiary/aromatic N) is 1. The first-order valence-electron chi connectivity index (χ1n) is 13.4. The van der Waals surface area contributed by atoms with Gasteiger partial charge in [-0.1, -0.05) is 96.8 Å². The monoisotopic (exact) mass is 423 g/mol. The zero-order chi connectivity index (χ0) is 22.1. The van der Waals surface area contributed by atoms with Gasteiger partial charge in [-0.25, -0.2) is 0 Å². The second-order valence-electron chi connectivity index (χ2n) is 10.4. The van der Waals surface area contributed by atoms with Crippen molar-refractivity contribution in [2.24, 2.45) is 5.92 Å². The standard InChI is InChI=1S/C27H53NO2/c1-5-6-7-8-9-10-11-12-13-14-15-16-17-18-19-22-26(29)30-27(2,3)25-21-20-23-28(4)24-25/h25H,5-24H2,1-4H3. The molecule has 1 aliphatic rings. The van der Waals surface area contributed by atoms with Crippen LogP contribution >= 0.6 is 0 Å². The molecule has 0 aromatic heterocycles. The van der Waals surface area contributed by atoms with E-state index in [2.05, 4.69) is 32.7 Å². The Morgan fingerprint density at radius 1 is 0.833 bits per heavy atom. The number of unbranched alkanes of at least 4 members (excludes halogenated alkanes) is 14. The highest BCUT2D eigenvalue weighted by Crippen LogP contribution is 2.30. The molecule has 1 saturated heterocycles. The van der Waals surface area contributed by atoms with E-state index >= 15 is 0 Å². The third-order valence-corrected chi connectivity index (χ3v) is 6.97. The average molecular weight is 424 g/mol. The second-order valence-corrected chi connectivity index (χ2v) is 10.4. The third kappa shape index (κ3) is 13.7. The van der Waals surface area contributed by atoms with Crippen molar-refractivity contribution in [3.8, 4) is 0 Å². The minimum Gasteiger partial charge on any atom is -0.459 e. The maximum atomic E-state index is 12.3. The molecular weight excluding hydrogens is 370 g/mol. The Morgan fingerprint density at radius 3 is 1.77 bits per heavy atom. The van der Waals surface area contributed by atoms with Gasteiger partial charge in [-0.2, -0.15) is 0 Å². The quantitative estimate of drug-likeness (QED) is 0.166. The number of rotatable bonds is 18. The van der Waals surface area contributed by atoms with E-state index in [0.717, 1.165) is 13.0 Å². The Balaban J connectivity index is 1.90. The van der Waals surface area contributed by atoms with Crippen molar-refractivity contribution < 1.29 is 9.53 Å². The molecule has 0 amide bonds. The molecular formula is C27H53NO2. The fourth-order valence-electron chi connectivity index (χ4n) is 4.80. The Hall–Kier alpha value is -0.570. The average Bonchev–Trinajstić information content (AvgIpc) is 2.70. The molecule has 0 spiro atoms. The predicted octanol–water partition coefficient (Wildman–Crippen LogP) is 7.91. The number of carbonyl (C=O) groups excluding carboxylic acids is 1. The van der Waals surface area contributed by atoms with Crippen molar-refractivity contribution >= 4 is 5.97 Å². The molecule has 3 nitrogen and oxygen atoms in total. The van der Waals surface area contributed by atoms with Gasteiger partial charge < -0.3 is 9.64 Å². The van der Waals surface area contributed by atoms with Gasteiger partial charge in [0.25, 0.3) is 0 Å². The lowest BCUT2D eigenvalue weighted by molar-refractivity contribution is -0.163. The summed E-state index contributed by atoms with van der Waals surface area (Å²) < 4.78 is 5.88. The van der Waals surface area contributed by atoms with Crippen LogP contribution in [0.5, 0.6) is 0 Å². The molecule has 178 valence electrons. The summed E-state index contributed by atoms with van der Waals surface area (Å²) in [6.45, 7) is 8.69. The molecule has 30 heavy (non-hydrogen) atoms. The van der Waals surface area contributed by atoms with E-state index in [0.29, 0.717) is 12.3 Å². The highest BCUT2D eigenvalue weighted by Gasteiger charge is 2.35. The van der Waals surface area contributed by atoms with E-state index < -0.39 is 0 Å². The van der Waals surface area contributed by atoms with Crippen LogP contribution < -0.4 is 0 Å². The molecule has 3 heteroatoms. The SMILES string of the molecule is CCCCCCCCCCCCCCCCCC(=O)OC(C)(C)C1CCCN(C)C1. The second kappa shape index (κ2) is 17.0. The summed E-state index contributed by atoms with van der Waals surface area (Å²) in [7, 11) is 2.17. The molecule has 1 unspecified atom stereocenters. The van der Waals surface area contributed by atoms with Crippen LogP contribution in [0.25, 0.3) is 0 Å². The predicted molar refractivity (Wildman–Crippen MR) is 130 cm³/mol. The summed E-state index contributed by atoms with van der Waals surface area (Å²) in [5.74, 6) is 0.462. The molecule has 0 radical (unpaired) electrons. The van der Waals surface area contributed by atoms with E-state index in [-0.39, 0.29) is 11.6 Å². The Morgan fingerprint density at radius 2 is 1.30 bits per heavy atom. The number of likely N-dealkylation sites (tertiary alicyclic amines) is 1. The largest absolute Gasteiger partial charge is 0.459 e. The number of hydrogen-bond donors (Lipinski definition) is 0. The van der Waals surface area contributed by atoms with Crippen LogP contribution in [0.15, 0.2) is 0 Å². The summed E-state index contributed by atoms with van der Waals surface area (Å²) in [5, 5.41) is 0. The van der Waals surface area contributed by atoms with E-state index in [9.17, 15) is 4.79 Å². The lowest BCUT2D eigenvalue weighted by Gasteiger charge is -2.39. The summed E-state index contributed by atoms with van der Waals surface area (Å²) >= 11 is 0. The van der Waals surface area contributed by atoms with Gasteiger partial charge in [-0.05, 0) is 46.7 Å². The Labute approximate surface area is 188 Å². The number of piperidine rings is 1. The normalized spacial score (nSPS) is 17.9. The highest BCUT2D eigenvalue weighted by molar-refractivity contribution is 5.69. The van der Waals surface area contributed by atoms with E-state index in [4.69, 9.17) is 4.74 Å². The maximum absolute atomic E-state index is 12.3. The van der Waals surface area contributed by atoms with Gasteiger partial charge in [-0.3, -0.25) is 4.79 Å². The molecule has 0 N–H and O–H groups in total. The minimum absolute atomic E-state index is 0.00270. The molecule has 1 aliphatic heterocycles. The maximum Gasteiger partial charge on any atom is 0.306 e. The van der Waals surface area contributed by atoms with Crippen LogP contribution in [-0.4, -0.2) is 36.6 Å². The summed E-state index contributed by atoms with van der Waals surface area (Å²) in [6.07, 6.45) is 23.2. The van der Waals surface area contributed by atoms with Crippen LogP contribution in [0, 0.1) is 5.92 Å². The van der Waals surface area contributed by atoms with Gasteiger partial charge in [0.2, 0.25) is 0 Å². The van der Waals surface area contributed by atoms with Gasteiger partial charge in [0.15, 0.2) is 0 Å². The smallest absolute Gasteiger partial charge is 0.306 e. The van der Waals surface area contributed by atoms with Crippen molar-refractivity contribution in [1.29, 1.82) is 0 Å².